The minimum Gasteiger partial charge on any atom is -0.508 e. The van der Waals surface area contributed by atoms with Gasteiger partial charge in [-0.25, -0.2) is 8.78 Å². The molecule has 1 heterocycles. The molecule has 0 spiro atoms. The number of rotatable bonds is 3. The molecule has 6 heteroatoms. The van der Waals surface area contributed by atoms with Crippen molar-refractivity contribution in [2.45, 2.75) is 6.42 Å². The average Bonchev–Trinajstić information content (AvgIpc) is 2.90. The summed E-state index contributed by atoms with van der Waals surface area (Å²) in [5.74, 6) is -1.24. The molecule has 3 rings (SSSR count). The number of hydrogen-bond donors (Lipinski definition) is 1. The van der Waals surface area contributed by atoms with Gasteiger partial charge in [0.15, 0.2) is 11.6 Å². The number of aromatic nitrogens is 2. The predicted octanol–water partition coefficient (Wildman–Crippen LogP) is 3.31. The molecule has 0 amide bonds. The normalized spacial score (nSPS) is 10.8. The smallest absolute Gasteiger partial charge is 0.231 e. The average molecular weight is 288 g/mol. The molecule has 0 aliphatic carbocycles. The van der Waals surface area contributed by atoms with Gasteiger partial charge >= 0.3 is 0 Å². The number of phenolic OH excluding ortho intramolecular Hbond substituents is 1. The first-order chi connectivity index (χ1) is 10.1. The van der Waals surface area contributed by atoms with E-state index in [1.807, 2.05) is 0 Å². The van der Waals surface area contributed by atoms with Crippen molar-refractivity contribution in [1.29, 1.82) is 0 Å². The zero-order chi connectivity index (χ0) is 14.8. The molecule has 3 aromatic rings. The van der Waals surface area contributed by atoms with Crippen molar-refractivity contribution in [2.75, 3.05) is 0 Å². The van der Waals surface area contributed by atoms with Gasteiger partial charge in [0.25, 0.3) is 0 Å². The van der Waals surface area contributed by atoms with Crippen LogP contribution in [0, 0.1) is 11.6 Å². The second kappa shape index (κ2) is 5.32. The van der Waals surface area contributed by atoms with Gasteiger partial charge in [-0.2, -0.15) is 4.98 Å². The summed E-state index contributed by atoms with van der Waals surface area (Å²) in [7, 11) is 0. The molecule has 106 valence electrons. The minimum atomic E-state index is -0.966. The fourth-order valence-corrected chi connectivity index (χ4v) is 1.92. The summed E-state index contributed by atoms with van der Waals surface area (Å²) < 4.78 is 31.1. The third kappa shape index (κ3) is 2.89. The van der Waals surface area contributed by atoms with Gasteiger partial charge in [-0.15, -0.1) is 0 Å². The van der Waals surface area contributed by atoms with E-state index in [-0.39, 0.29) is 11.6 Å². The van der Waals surface area contributed by atoms with Crippen LogP contribution in [0.1, 0.15) is 11.5 Å². The molecule has 4 nitrogen and oxygen atoms in total. The maximum absolute atomic E-state index is 13.2. The molecular formula is C15H10F2N2O2. The Balaban J connectivity index is 1.84. The molecule has 0 fully saturated rings. The van der Waals surface area contributed by atoms with Crippen molar-refractivity contribution in [2.24, 2.45) is 0 Å². The Bertz CT molecular complexity index is 787. The molecule has 0 radical (unpaired) electrons. The Hall–Kier alpha value is -2.76. The number of aromatic hydroxyl groups is 1. The summed E-state index contributed by atoms with van der Waals surface area (Å²) >= 11 is 0. The summed E-state index contributed by atoms with van der Waals surface area (Å²) in [5.41, 5.74) is 1.13. The minimum absolute atomic E-state index is 0.146. The molecule has 0 bridgehead atoms. The molecule has 0 saturated heterocycles. The van der Waals surface area contributed by atoms with Gasteiger partial charge in [-0.1, -0.05) is 17.3 Å². The fourth-order valence-electron chi connectivity index (χ4n) is 1.92. The maximum atomic E-state index is 13.2. The SMILES string of the molecule is Oc1cccc(Cc2nc(-c3ccc(F)c(F)c3)no2)c1. The van der Waals surface area contributed by atoms with Gasteiger partial charge in [0.2, 0.25) is 11.7 Å². The molecule has 0 saturated carbocycles. The van der Waals surface area contributed by atoms with E-state index in [2.05, 4.69) is 10.1 Å². The van der Waals surface area contributed by atoms with Crippen LogP contribution >= 0.6 is 0 Å². The number of hydrogen-bond acceptors (Lipinski definition) is 4. The van der Waals surface area contributed by atoms with Gasteiger partial charge in [-0.05, 0) is 35.9 Å². The third-order valence-corrected chi connectivity index (χ3v) is 2.91. The molecule has 0 unspecified atom stereocenters. The highest BCUT2D eigenvalue weighted by atomic mass is 19.2. The van der Waals surface area contributed by atoms with Crippen molar-refractivity contribution in [3.63, 3.8) is 0 Å². The molecule has 1 aromatic heterocycles. The van der Waals surface area contributed by atoms with E-state index in [1.165, 1.54) is 6.07 Å². The molecular weight excluding hydrogens is 278 g/mol. The van der Waals surface area contributed by atoms with Crippen LogP contribution in [0.25, 0.3) is 11.4 Å². The molecule has 1 N–H and O–H groups in total. The first-order valence-corrected chi connectivity index (χ1v) is 6.18. The first kappa shape index (κ1) is 13.2. The Morgan fingerprint density at radius 2 is 1.90 bits per heavy atom. The van der Waals surface area contributed by atoms with Gasteiger partial charge in [-0.3, -0.25) is 0 Å². The van der Waals surface area contributed by atoms with Crippen LogP contribution < -0.4 is 0 Å². The zero-order valence-corrected chi connectivity index (χ0v) is 10.8. The highest BCUT2D eigenvalue weighted by molar-refractivity contribution is 5.54. The summed E-state index contributed by atoms with van der Waals surface area (Å²) in [6.45, 7) is 0. The zero-order valence-electron chi connectivity index (χ0n) is 10.8. The van der Waals surface area contributed by atoms with E-state index in [9.17, 15) is 13.9 Å². The van der Waals surface area contributed by atoms with Gasteiger partial charge < -0.3 is 9.63 Å². The quantitative estimate of drug-likeness (QED) is 0.803. The van der Waals surface area contributed by atoms with Crippen molar-refractivity contribution < 1.29 is 18.4 Å². The Morgan fingerprint density at radius 1 is 1.05 bits per heavy atom. The predicted molar refractivity (Wildman–Crippen MR) is 70.6 cm³/mol. The third-order valence-electron chi connectivity index (χ3n) is 2.91. The Kier molecular flexibility index (Phi) is 3.35. The highest BCUT2D eigenvalue weighted by Crippen LogP contribution is 2.20. The largest absolute Gasteiger partial charge is 0.508 e. The van der Waals surface area contributed by atoms with E-state index in [0.717, 1.165) is 17.7 Å². The fraction of sp³-hybridized carbons (Fsp3) is 0.0667. The number of benzene rings is 2. The van der Waals surface area contributed by atoms with E-state index >= 15 is 0 Å². The molecule has 2 aromatic carbocycles. The topological polar surface area (TPSA) is 59.2 Å². The van der Waals surface area contributed by atoms with Crippen LogP contribution in [0.15, 0.2) is 47.0 Å². The molecule has 21 heavy (non-hydrogen) atoms. The number of nitrogens with zero attached hydrogens (tertiary/aromatic N) is 2. The number of phenols is 1. The Labute approximate surface area is 118 Å². The van der Waals surface area contributed by atoms with Crippen LogP contribution in [0.2, 0.25) is 0 Å². The van der Waals surface area contributed by atoms with Crippen molar-refractivity contribution >= 4 is 0 Å². The summed E-state index contributed by atoms with van der Waals surface area (Å²) in [5, 5.41) is 13.1. The molecule has 0 aliphatic heterocycles. The van der Waals surface area contributed by atoms with Gasteiger partial charge in [0.05, 0.1) is 6.42 Å². The molecule has 0 atom stereocenters. The van der Waals surface area contributed by atoms with Crippen LogP contribution in [-0.2, 0) is 6.42 Å². The highest BCUT2D eigenvalue weighted by Gasteiger charge is 2.12. The lowest BCUT2D eigenvalue weighted by Crippen LogP contribution is -1.89. The van der Waals surface area contributed by atoms with Crippen molar-refractivity contribution in [3.05, 3.63) is 65.6 Å². The van der Waals surface area contributed by atoms with Crippen molar-refractivity contribution in [1.82, 2.24) is 10.1 Å². The van der Waals surface area contributed by atoms with E-state index in [4.69, 9.17) is 4.52 Å². The first-order valence-electron chi connectivity index (χ1n) is 6.18. The standard InChI is InChI=1S/C15H10F2N2O2/c16-12-5-4-10(8-13(12)17)15-18-14(21-19-15)7-9-2-1-3-11(20)6-9/h1-6,8,20H,7H2. The van der Waals surface area contributed by atoms with E-state index in [1.54, 1.807) is 24.3 Å². The summed E-state index contributed by atoms with van der Waals surface area (Å²) in [4.78, 5) is 4.13. The van der Waals surface area contributed by atoms with E-state index < -0.39 is 11.6 Å². The van der Waals surface area contributed by atoms with Crippen molar-refractivity contribution in [3.8, 4) is 17.1 Å². The second-order valence-corrected chi connectivity index (χ2v) is 4.49. The van der Waals surface area contributed by atoms with Gasteiger partial charge in [0, 0.05) is 5.56 Å². The maximum Gasteiger partial charge on any atom is 0.231 e. The monoisotopic (exact) mass is 288 g/mol. The van der Waals surface area contributed by atoms with E-state index in [0.29, 0.717) is 17.9 Å². The lowest BCUT2D eigenvalue weighted by molar-refractivity contribution is 0.385. The van der Waals surface area contributed by atoms with Crippen LogP contribution in [0.5, 0.6) is 5.75 Å². The van der Waals surface area contributed by atoms with Crippen LogP contribution in [-0.4, -0.2) is 15.2 Å². The summed E-state index contributed by atoms with van der Waals surface area (Å²) in [6.07, 6.45) is 0.338. The molecule has 0 aliphatic rings. The Morgan fingerprint density at radius 3 is 2.67 bits per heavy atom. The number of halogens is 2. The lowest BCUT2D eigenvalue weighted by Gasteiger charge is -1.97. The van der Waals surface area contributed by atoms with Gasteiger partial charge in [0.1, 0.15) is 5.75 Å². The lowest BCUT2D eigenvalue weighted by atomic mass is 10.1. The van der Waals surface area contributed by atoms with Crippen LogP contribution in [0.4, 0.5) is 8.78 Å². The summed E-state index contributed by atoms with van der Waals surface area (Å²) in [6, 6.07) is 10.1. The second-order valence-electron chi connectivity index (χ2n) is 4.49. The van der Waals surface area contributed by atoms with Crippen LogP contribution in [0.3, 0.4) is 0 Å².